The van der Waals surface area contributed by atoms with Crippen LogP contribution in [0.3, 0.4) is 0 Å². The summed E-state index contributed by atoms with van der Waals surface area (Å²) in [6.07, 6.45) is 2.88. The number of carbonyl (C=O) groups excluding carboxylic acids is 1. The van der Waals surface area contributed by atoms with E-state index in [1.165, 1.54) is 0 Å². The molecular weight excluding hydrogens is 136 g/mol. The van der Waals surface area contributed by atoms with E-state index >= 15 is 0 Å². The summed E-state index contributed by atoms with van der Waals surface area (Å²) in [6, 6.07) is 0. The van der Waals surface area contributed by atoms with Crippen LogP contribution in [0.2, 0.25) is 0 Å². The summed E-state index contributed by atoms with van der Waals surface area (Å²) in [5.41, 5.74) is 1.10. The lowest BCUT2D eigenvalue weighted by Crippen LogP contribution is -2.06. The van der Waals surface area contributed by atoms with Gasteiger partial charge in [-0.15, -0.1) is 6.58 Å². The quantitative estimate of drug-likeness (QED) is 0.439. The van der Waals surface area contributed by atoms with Gasteiger partial charge in [-0.05, 0) is 25.7 Å². The Morgan fingerprint density at radius 3 is 2.36 bits per heavy atom. The Morgan fingerprint density at radius 2 is 2.09 bits per heavy atom. The summed E-state index contributed by atoms with van der Waals surface area (Å²) >= 11 is 0. The van der Waals surface area contributed by atoms with E-state index in [2.05, 4.69) is 20.4 Å². The van der Waals surface area contributed by atoms with E-state index in [1.807, 2.05) is 6.92 Å². The second-order valence-corrected chi connectivity index (χ2v) is 3.69. The number of aldehydes is 1. The SMILES string of the molecule is C=C(C)CC(C=O)CC(C)C. The lowest BCUT2D eigenvalue weighted by Gasteiger charge is -2.11. The molecule has 1 unspecified atom stereocenters. The van der Waals surface area contributed by atoms with Gasteiger partial charge in [0.25, 0.3) is 0 Å². The minimum atomic E-state index is 0.187. The van der Waals surface area contributed by atoms with E-state index < -0.39 is 0 Å². The second-order valence-electron chi connectivity index (χ2n) is 3.69. The molecule has 0 aliphatic rings. The number of rotatable bonds is 5. The Morgan fingerprint density at radius 1 is 1.55 bits per heavy atom. The highest BCUT2D eigenvalue weighted by Gasteiger charge is 2.08. The molecule has 0 N–H and O–H groups in total. The first-order chi connectivity index (χ1) is 5.06. The van der Waals surface area contributed by atoms with Crippen molar-refractivity contribution in [2.75, 3.05) is 0 Å². The standard InChI is InChI=1S/C10H18O/c1-8(2)5-10(7-11)6-9(3)4/h7,9-10H,1,5-6H2,2-4H3. The van der Waals surface area contributed by atoms with E-state index in [0.717, 1.165) is 24.7 Å². The molecule has 1 atom stereocenters. The van der Waals surface area contributed by atoms with Crippen LogP contribution in [-0.4, -0.2) is 6.29 Å². The van der Waals surface area contributed by atoms with Gasteiger partial charge in [-0.3, -0.25) is 0 Å². The Kier molecular flexibility index (Phi) is 4.84. The van der Waals surface area contributed by atoms with Crippen LogP contribution >= 0.6 is 0 Å². The minimum Gasteiger partial charge on any atom is -0.303 e. The summed E-state index contributed by atoms with van der Waals surface area (Å²) in [7, 11) is 0. The van der Waals surface area contributed by atoms with Crippen molar-refractivity contribution in [3.63, 3.8) is 0 Å². The summed E-state index contributed by atoms with van der Waals surface area (Å²) in [5, 5.41) is 0. The summed E-state index contributed by atoms with van der Waals surface area (Å²) < 4.78 is 0. The molecule has 0 saturated carbocycles. The van der Waals surface area contributed by atoms with Crippen molar-refractivity contribution < 1.29 is 4.79 Å². The fourth-order valence-corrected chi connectivity index (χ4v) is 1.24. The van der Waals surface area contributed by atoms with E-state index in [9.17, 15) is 4.79 Å². The monoisotopic (exact) mass is 154 g/mol. The predicted octanol–water partition coefficient (Wildman–Crippen LogP) is 2.81. The van der Waals surface area contributed by atoms with Gasteiger partial charge in [0.15, 0.2) is 0 Å². The Bertz CT molecular complexity index is 136. The van der Waals surface area contributed by atoms with Gasteiger partial charge < -0.3 is 4.79 Å². The third-order valence-electron chi connectivity index (χ3n) is 1.58. The lowest BCUT2D eigenvalue weighted by atomic mass is 9.93. The molecule has 0 spiro atoms. The van der Waals surface area contributed by atoms with Crippen molar-refractivity contribution >= 4 is 6.29 Å². The van der Waals surface area contributed by atoms with Crippen LogP contribution < -0.4 is 0 Å². The van der Waals surface area contributed by atoms with E-state index in [1.54, 1.807) is 0 Å². The molecule has 0 fully saturated rings. The Balaban J connectivity index is 3.76. The zero-order valence-corrected chi connectivity index (χ0v) is 7.76. The van der Waals surface area contributed by atoms with Crippen LogP contribution in [0, 0.1) is 11.8 Å². The lowest BCUT2D eigenvalue weighted by molar-refractivity contribution is -0.111. The zero-order valence-electron chi connectivity index (χ0n) is 7.76. The molecule has 0 bridgehead atoms. The van der Waals surface area contributed by atoms with Gasteiger partial charge in [0.1, 0.15) is 6.29 Å². The van der Waals surface area contributed by atoms with Crippen molar-refractivity contribution in [1.29, 1.82) is 0 Å². The van der Waals surface area contributed by atoms with Gasteiger partial charge in [0.2, 0.25) is 0 Å². The molecule has 0 aromatic heterocycles. The fourth-order valence-electron chi connectivity index (χ4n) is 1.24. The van der Waals surface area contributed by atoms with Crippen molar-refractivity contribution in [1.82, 2.24) is 0 Å². The summed E-state index contributed by atoms with van der Waals surface area (Å²) in [6.45, 7) is 10.0. The van der Waals surface area contributed by atoms with E-state index in [-0.39, 0.29) is 5.92 Å². The first-order valence-corrected chi connectivity index (χ1v) is 4.16. The van der Waals surface area contributed by atoms with Crippen LogP contribution in [0.15, 0.2) is 12.2 Å². The molecule has 0 aromatic carbocycles. The maximum absolute atomic E-state index is 10.5. The molecule has 1 nitrogen and oxygen atoms in total. The molecule has 0 amide bonds. The maximum atomic E-state index is 10.5. The maximum Gasteiger partial charge on any atom is 0.123 e. The number of hydrogen-bond acceptors (Lipinski definition) is 1. The van der Waals surface area contributed by atoms with Crippen molar-refractivity contribution in [2.24, 2.45) is 11.8 Å². The topological polar surface area (TPSA) is 17.1 Å². The van der Waals surface area contributed by atoms with Gasteiger partial charge >= 0.3 is 0 Å². The molecule has 0 rings (SSSR count). The van der Waals surface area contributed by atoms with Gasteiger partial charge in [0, 0.05) is 5.92 Å². The number of hydrogen-bond donors (Lipinski definition) is 0. The molecule has 0 radical (unpaired) electrons. The van der Waals surface area contributed by atoms with Crippen LogP contribution in [0.1, 0.15) is 33.6 Å². The molecule has 0 heterocycles. The average molecular weight is 154 g/mol. The number of carbonyl (C=O) groups is 1. The van der Waals surface area contributed by atoms with Gasteiger partial charge in [-0.2, -0.15) is 0 Å². The van der Waals surface area contributed by atoms with Crippen LogP contribution in [-0.2, 0) is 4.79 Å². The smallest absolute Gasteiger partial charge is 0.123 e. The molecule has 0 aliphatic heterocycles. The van der Waals surface area contributed by atoms with E-state index in [4.69, 9.17) is 0 Å². The first-order valence-electron chi connectivity index (χ1n) is 4.16. The second kappa shape index (κ2) is 5.11. The van der Waals surface area contributed by atoms with Crippen LogP contribution in [0.5, 0.6) is 0 Å². The molecule has 11 heavy (non-hydrogen) atoms. The normalized spacial score (nSPS) is 13.1. The van der Waals surface area contributed by atoms with Crippen molar-refractivity contribution in [3.05, 3.63) is 12.2 Å². The minimum absolute atomic E-state index is 0.187. The predicted molar refractivity (Wildman–Crippen MR) is 48.4 cm³/mol. The molecular formula is C10H18O. The largest absolute Gasteiger partial charge is 0.303 e. The fraction of sp³-hybridized carbons (Fsp3) is 0.700. The molecule has 0 aliphatic carbocycles. The van der Waals surface area contributed by atoms with Gasteiger partial charge in [-0.1, -0.05) is 19.4 Å². The Labute approximate surface area is 69.5 Å². The van der Waals surface area contributed by atoms with Gasteiger partial charge in [0.05, 0.1) is 0 Å². The third kappa shape index (κ3) is 5.84. The molecule has 1 heteroatoms. The van der Waals surface area contributed by atoms with Crippen molar-refractivity contribution in [3.8, 4) is 0 Å². The van der Waals surface area contributed by atoms with Crippen LogP contribution in [0.4, 0.5) is 0 Å². The van der Waals surface area contributed by atoms with Crippen LogP contribution in [0.25, 0.3) is 0 Å². The highest BCUT2D eigenvalue weighted by atomic mass is 16.1. The molecule has 64 valence electrons. The van der Waals surface area contributed by atoms with E-state index in [0.29, 0.717) is 5.92 Å². The highest BCUT2D eigenvalue weighted by molar-refractivity contribution is 5.54. The molecule has 0 saturated heterocycles. The average Bonchev–Trinajstić information content (AvgIpc) is 1.84. The first kappa shape index (κ1) is 10.4. The third-order valence-corrected chi connectivity index (χ3v) is 1.58. The summed E-state index contributed by atoms with van der Waals surface area (Å²) in [5.74, 6) is 0.789. The highest BCUT2D eigenvalue weighted by Crippen LogP contribution is 2.16. The zero-order chi connectivity index (χ0) is 8.85. The molecule has 0 aromatic rings. The summed E-state index contributed by atoms with van der Waals surface area (Å²) in [4.78, 5) is 10.5. The Hall–Kier alpha value is -0.590. The van der Waals surface area contributed by atoms with Gasteiger partial charge in [-0.25, -0.2) is 0 Å². The number of allylic oxidation sites excluding steroid dienone is 1. The van der Waals surface area contributed by atoms with Crippen molar-refractivity contribution in [2.45, 2.75) is 33.6 Å².